The van der Waals surface area contributed by atoms with Gasteiger partial charge < -0.3 is 15.6 Å². The summed E-state index contributed by atoms with van der Waals surface area (Å²) in [6, 6.07) is 21.1. The maximum absolute atomic E-state index is 13.5. The first-order valence-corrected chi connectivity index (χ1v) is 14.1. The van der Waals surface area contributed by atoms with E-state index in [1.807, 2.05) is 37.3 Å². The number of carbonyl (C=O) groups is 1. The van der Waals surface area contributed by atoms with Crippen LogP contribution in [0.4, 0.5) is 5.82 Å². The monoisotopic (exact) mass is 546 g/mol. The molecule has 0 radical (unpaired) electrons. The third-order valence-corrected chi connectivity index (χ3v) is 8.37. The summed E-state index contributed by atoms with van der Waals surface area (Å²) in [4.78, 5) is 13.5. The van der Waals surface area contributed by atoms with E-state index in [1.165, 1.54) is 18.2 Å². The SMILES string of the molecule is CCc1ccc(S(=O)(=O)N[C@@H]2c3cc(C(=O)n4nc(-c5ccccc5)cc4N)ccc3OC(C)(C)[C@H]2O)cc1. The predicted molar refractivity (Wildman–Crippen MR) is 148 cm³/mol. The normalized spacial score (nSPS) is 18.3. The topological polar surface area (TPSA) is 137 Å². The lowest BCUT2D eigenvalue weighted by Crippen LogP contribution is -2.53. The molecular weight excluding hydrogens is 516 g/mol. The number of rotatable bonds is 6. The standard InChI is InChI=1S/C29H30N4O5S/c1-4-18-10-13-21(14-11-18)39(36,37)32-26-22-16-20(12-15-24(22)38-29(2,3)27(26)34)28(35)33-25(30)17-23(31-33)19-8-6-5-7-9-19/h5-17,26-27,32,34H,4,30H2,1-3H3/t26-,27+/m1/s1. The summed E-state index contributed by atoms with van der Waals surface area (Å²) >= 11 is 0. The fourth-order valence-corrected chi connectivity index (χ4v) is 5.85. The van der Waals surface area contributed by atoms with E-state index in [9.17, 15) is 18.3 Å². The Morgan fingerprint density at radius 3 is 2.44 bits per heavy atom. The molecule has 0 fully saturated rings. The number of nitrogen functional groups attached to an aromatic ring is 1. The van der Waals surface area contributed by atoms with E-state index in [4.69, 9.17) is 10.5 Å². The second kappa shape index (κ2) is 9.96. The van der Waals surface area contributed by atoms with E-state index in [1.54, 1.807) is 44.2 Å². The first kappa shape index (κ1) is 26.6. The van der Waals surface area contributed by atoms with Crippen LogP contribution in [0.1, 0.15) is 48.3 Å². The van der Waals surface area contributed by atoms with Gasteiger partial charge >= 0.3 is 0 Å². The molecule has 3 aromatic carbocycles. The molecule has 0 saturated heterocycles. The van der Waals surface area contributed by atoms with Crippen LogP contribution in [0, 0.1) is 0 Å². The number of aliphatic hydroxyl groups is 1. The number of sulfonamides is 1. The number of nitrogens with one attached hydrogen (secondary N) is 1. The number of anilines is 1. The van der Waals surface area contributed by atoms with Crippen molar-refractivity contribution < 1.29 is 23.1 Å². The zero-order chi connectivity index (χ0) is 27.9. The van der Waals surface area contributed by atoms with Crippen molar-refractivity contribution in [2.45, 2.75) is 49.8 Å². The fourth-order valence-electron chi connectivity index (χ4n) is 4.63. The van der Waals surface area contributed by atoms with E-state index < -0.39 is 33.7 Å². The van der Waals surface area contributed by atoms with Gasteiger partial charge in [0.1, 0.15) is 23.3 Å². The maximum atomic E-state index is 13.5. The molecule has 0 unspecified atom stereocenters. The number of aliphatic hydroxyl groups excluding tert-OH is 1. The zero-order valence-electron chi connectivity index (χ0n) is 21.8. The number of hydrogen-bond donors (Lipinski definition) is 3. The summed E-state index contributed by atoms with van der Waals surface area (Å²) in [6.45, 7) is 5.33. The first-order valence-electron chi connectivity index (χ1n) is 12.6. The molecule has 0 saturated carbocycles. The van der Waals surface area contributed by atoms with Crippen LogP contribution in [-0.4, -0.2) is 40.9 Å². The summed E-state index contributed by atoms with van der Waals surface area (Å²) in [6.07, 6.45) is -0.474. The lowest BCUT2D eigenvalue weighted by molar-refractivity contribution is -0.0603. The molecule has 1 aliphatic heterocycles. The van der Waals surface area contributed by atoms with Gasteiger partial charge in [0, 0.05) is 22.8 Å². The number of aryl methyl sites for hydroxylation is 1. The van der Waals surface area contributed by atoms with Gasteiger partial charge in [0.15, 0.2) is 0 Å². The van der Waals surface area contributed by atoms with Crippen LogP contribution in [0.15, 0.2) is 83.8 Å². The van der Waals surface area contributed by atoms with Crippen LogP contribution < -0.4 is 15.2 Å². The van der Waals surface area contributed by atoms with E-state index in [-0.39, 0.29) is 16.3 Å². The number of ether oxygens (including phenoxy) is 1. The minimum Gasteiger partial charge on any atom is -0.485 e. The Hall–Kier alpha value is -3.99. The van der Waals surface area contributed by atoms with Crippen LogP contribution in [-0.2, 0) is 16.4 Å². The molecule has 4 aromatic rings. The molecule has 0 aliphatic carbocycles. The maximum Gasteiger partial charge on any atom is 0.280 e. The average Bonchev–Trinajstić information content (AvgIpc) is 3.32. The second-order valence-corrected chi connectivity index (χ2v) is 11.8. The summed E-state index contributed by atoms with van der Waals surface area (Å²) in [5.74, 6) is 0.00429. The molecule has 0 bridgehead atoms. The predicted octanol–water partition coefficient (Wildman–Crippen LogP) is 3.93. The molecule has 1 aromatic heterocycles. The van der Waals surface area contributed by atoms with E-state index in [2.05, 4.69) is 9.82 Å². The van der Waals surface area contributed by atoms with Crippen molar-refractivity contribution in [1.29, 1.82) is 0 Å². The Morgan fingerprint density at radius 1 is 1.08 bits per heavy atom. The van der Waals surface area contributed by atoms with Crippen LogP contribution in [0.25, 0.3) is 11.3 Å². The fraction of sp³-hybridized carbons (Fsp3) is 0.241. The summed E-state index contributed by atoms with van der Waals surface area (Å²) in [5.41, 5.74) is 7.91. The van der Waals surface area contributed by atoms with Crippen LogP contribution in [0.2, 0.25) is 0 Å². The molecule has 0 spiro atoms. The Bertz CT molecular complexity index is 1630. The second-order valence-electron chi connectivity index (χ2n) is 10.0. The van der Waals surface area contributed by atoms with Gasteiger partial charge in [-0.15, -0.1) is 0 Å². The molecule has 1 aliphatic rings. The van der Waals surface area contributed by atoms with Gasteiger partial charge in [-0.3, -0.25) is 4.79 Å². The van der Waals surface area contributed by atoms with Gasteiger partial charge in [0.25, 0.3) is 5.91 Å². The number of aromatic nitrogens is 2. The summed E-state index contributed by atoms with van der Waals surface area (Å²) in [5, 5.41) is 15.6. The molecule has 2 atom stereocenters. The molecule has 5 rings (SSSR count). The quantitative estimate of drug-likeness (QED) is 0.333. The van der Waals surface area contributed by atoms with Gasteiger partial charge in [-0.05, 0) is 56.2 Å². The Kier molecular flexibility index (Phi) is 6.79. The smallest absolute Gasteiger partial charge is 0.280 e. The van der Waals surface area contributed by atoms with Crippen molar-refractivity contribution in [3.05, 3.63) is 95.6 Å². The number of carbonyl (C=O) groups excluding carboxylic acids is 1. The number of nitrogens with zero attached hydrogens (tertiary/aromatic N) is 2. The number of fused-ring (bicyclic) bond motifs is 1. The van der Waals surface area contributed by atoms with Crippen LogP contribution in [0.3, 0.4) is 0 Å². The average molecular weight is 547 g/mol. The highest BCUT2D eigenvalue weighted by atomic mass is 32.2. The third kappa shape index (κ3) is 5.06. The highest BCUT2D eigenvalue weighted by molar-refractivity contribution is 7.89. The van der Waals surface area contributed by atoms with E-state index in [0.717, 1.165) is 22.2 Å². The lowest BCUT2D eigenvalue weighted by Gasteiger charge is -2.42. The van der Waals surface area contributed by atoms with Gasteiger partial charge in [-0.25, -0.2) is 13.1 Å². The van der Waals surface area contributed by atoms with Crippen molar-refractivity contribution in [2.24, 2.45) is 0 Å². The van der Waals surface area contributed by atoms with Gasteiger partial charge in [-0.2, -0.15) is 9.78 Å². The summed E-state index contributed by atoms with van der Waals surface area (Å²) < 4.78 is 36.4. The Balaban J connectivity index is 1.51. The number of hydrogen-bond acceptors (Lipinski definition) is 7. The minimum absolute atomic E-state index is 0.0720. The largest absolute Gasteiger partial charge is 0.485 e. The molecule has 10 heteroatoms. The van der Waals surface area contributed by atoms with Crippen LogP contribution >= 0.6 is 0 Å². The van der Waals surface area contributed by atoms with Crippen molar-refractivity contribution >= 4 is 21.7 Å². The molecule has 2 heterocycles. The minimum atomic E-state index is -4.02. The molecule has 4 N–H and O–H groups in total. The highest BCUT2D eigenvalue weighted by Crippen LogP contribution is 2.41. The molecule has 39 heavy (non-hydrogen) atoms. The Morgan fingerprint density at radius 2 is 1.77 bits per heavy atom. The molecular formula is C29H30N4O5S. The van der Waals surface area contributed by atoms with Gasteiger partial charge in [0.05, 0.1) is 16.6 Å². The van der Waals surface area contributed by atoms with Gasteiger partial charge in [0.2, 0.25) is 10.0 Å². The lowest BCUT2D eigenvalue weighted by atomic mass is 9.86. The van der Waals surface area contributed by atoms with Crippen LogP contribution in [0.5, 0.6) is 5.75 Å². The van der Waals surface area contributed by atoms with Crippen molar-refractivity contribution in [3.63, 3.8) is 0 Å². The Labute approximate surface area is 227 Å². The molecule has 0 amide bonds. The van der Waals surface area contributed by atoms with E-state index in [0.29, 0.717) is 17.0 Å². The van der Waals surface area contributed by atoms with Crippen molar-refractivity contribution in [3.8, 4) is 17.0 Å². The summed E-state index contributed by atoms with van der Waals surface area (Å²) in [7, 11) is -4.02. The molecule has 202 valence electrons. The van der Waals surface area contributed by atoms with Crippen molar-refractivity contribution in [1.82, 2.24) is 14.5 Å². The third-order valence-electron chi connectivity index (χ3n) is 6.92. The van der Waals surface area contributed by atoms with E-state index >= 15 is 0 Å². The number of benzene rings is 3. The highest BCUT2D eigenvalue weighted by Gasteiger charge is 2.45. The zero-order valence-corrected chi connectivity index (χ0v) is 22.6. The molecule has 9 nitrogen and oxygen atoms in total. The number of nitrogens with two attached hydrogens (primary N) is 1. The van der Waals surface area contributed by atoms with Gasteiger partial charge in [-0.1, -0.05) is 49.4 Å². The first-order chi connectivity index (χ1) is 18.5. The van der Waals surface area contributed by atoms with Crippen molar-refractivity contribution in [2.75, 3.05) is 5.73 Å².